The van der Waals surface area contributed by atoms with Crippen LogP contribution < -0.4 is 24.3 Å². The van der Waals surface area contributed by atoms with Gasteiger partial charge in [-0.05, 0) is 50.6 Å². The Morgan fingerprint density at radius 3 is 2.66 bits per heavy atom. The highest BCUT2D eigenvalue weighted by Crippen LogP contribution is 2.64. The van der Waals surface area contributed by atoms with Crippen molar-refractivity contribution in [1.29, 1.82) is 5.26 Å². The molecule has 3 aromatic rings. The minimum Gasteiger partial charge on any atom is -0.504 e. The summed E-state index contributed by atoms with van der Waals surface area (Å²) >= 11 is 7.58. The topological polar surface area (TPSA) is 173 Å². The number of amides is 1. The second-order valence-electron chi connectivity index (χ2n) is 13.7. The van der Waals surface area contributed by atoms with E-state index in [0.29, 0.717) is 45.9 Å². The van der Waals surface area contributed by atoms with E-state index in [9.17, 15) is 24.8 Å². The summed E-state index contributed by atoms with van der Waals surface area (Å²) in [6, 6.07) is 3.65. The Bertz CT molecular complexity index is 2130. The molecule has 9 rings (SSSR count). The Morgan fingerprint density at radius 1 is 1.17 bits per heavy atom. The summed E-state index contributed by atoms with van der Waals surface area (Å²) in [4.78, 5) is 48.3. The highest BCUT2D eigenvalue weighted by molar-refractivity contribution is 7.99. The predicted molar refractivity (Wildman–Crippen MR) is 190 cm³/mol. The number of pyridine rings is 1. The van der Waals surface area contributed by atoms with E-state index in [-0.39, 0.29) is 47.4 Å². The number of likely N-dealkylation sites (N-methyl/N-ethyl adjacent to an activating group) is 1. The van der Waals surface area contributed by atoms with Crippen molar-refractivity contribution >= 4 is 41.2 Å². The number of halogens is 1. The molecule has 4 bridgehead atoms. The number of aromatic nitrogens is 1. The summed E-state index contributed by atoms with van der Waals surface area (Å²) in [5, 5.41) is 25.1. The van der Waals surface area contributed by atoms with Crippen LogP contribution in [-0.2, 0) is 20.7 Å². The van der Waals surface area contributed by atoms with Gasteiger partial charge in [-0.15, -0.1) is 11.8 Å². The van der Waals surface area contributed by atoms with E-state index in [0.717, 1.165) is 11.1 Å². The first-order chi connectivity index (χ1) is 25.5. The number of carbonyl (C=O) groups excluding carboxylic acids is 3. The number of rotatable bonds is 4. The number of phenolic OH excluding ortho intramolecular Hbond substituents is 1. The molecule has 6 aliphatic rings. The third kappa shape index (κ3) is 5.37. The van der Waals surface area contributed by atoms with Crippen LogP contribution in [0.5, 0.6) is 28.7 Å². The zero-order valence-electron chi connectivity index (χ0n) is 29.5. The lowest BCUT2D eigenvalue weighted by molar-refractivity contribution is -0.151. The number of nitriles is 1. The van der Waals surface area contributed by atoms with Gasteiger partial charge in [-0.1, -0.05) is 17.7 Å². The summed E-state index contributed by atoms with van der Waals surface area (Å²) in [6.07, 6.45) is 1.92. The minimum atomic E-state index is -1.12. The molecule has 53 heavy (non-hydrogen) atoms. The molecule has 0 saturated carbocycles. The van der Waals surface area contributed by atoms with E-state index in [4.69, 9.17) is 35.3 Å². The number of carbonyl (C=O) groups is 3. The molecule has 2 aromatic carbocycles. The van der Waals surface area contributed by atoms with E-state index in [1.807, 2.05) is 20.0 Å². The number of fused-ring (bicyclic) bond motifs is 10. The molecule has 0 radical (unpaired) electrons. The standard InChI is InChI=1S/C37H36ClN5O9S/c1-15-9-18-10-21-22(11-39)43-23-12-49-37(47)20(41-36(46)19-7-6-8-40-35(19)38)13-53-34(28(43)27(42(21)4)24(18)29(45)30(15)48-5)26-25(23)33-32(50-14-51-33)16(2)31(26)52-17(3)44/h6-9,20-23,27-28,34,45H,10,12-14H2,1-5H3,(H,41,46)/t20-,21+,22-,23-,27-,28+,34+/m0/s1. The zero-order valence-corrected chi connectivity index (χ0v) is 31.0. The number of methoxy groups -OCH3 is 1. The first-order valence-electron chi connectivity index (χ1n) is 17.1. The molecule has 14 nitrogen and oxygen atoms in total. The Labute approximate surface area is 314 Å². The smallest absolute Gasteiger partial charge is 0.329 e. The van der Waals surface area contributed by atoms with Crippen LogP contribution in [0.25, 0.3) is 0 Å². The van der Waals surface area contributed by atoms with Crippen molar-refractivity contribution in [2.75, 3.05) is 33.3 Å². The van der Waals surface area contributed by atoms with Gasteiger partial charge >= 0.3 is 11.9 Å². The molecule has 2 saturated heterocycles. The molecular formula is C37H36ClN5O9S. The summed E-state index contributed by atoms with van der Waals surface area (Å²) in [5.74, 6) is -0.333. The summed E-state index contributed by atoms with van der Waals surface area (Å²) in [7, 11) is 3.46. The first kappa shape index (κ1) is 35.3. The lowest BCUT2D eigenvalue weighted by Crippen LogP contribution is -2.69. The van der Waals surface area contributed by atoms with Crippen molar-refractivity contribution < 1.29 is 43.2 Å². The van der Waals surface area contributed by atoms with Gasteiger partial charge < -0.3 is 34.1 Å². The molecular weight excluding hydrogens is 726 g/mol. The number of piperazine rings is 1. The average Bonchev–Trinajstić information content (AvgIpc) is 3.61. The molecule has 0 unspecified atom stereocenters. The average molecular weight is 762 g/mol. The van der Waals surface area contributed by atoms with Crippen LogP contribution in [0, 0.1) is 25.2 Å². The first-order valence-corrected chi connectivity index (χ1v) is 18.5. The zero-order chi connectivity index (χ0) is 37.5. The number of hydrogen-bond donors (Lipinski definition) is 2. The van der Waals surface area contributed by atoms with Crippen molar-refractivity contribution in [1.82, 2.24) is 20.1 Å². The summed E-state index contributed by atoms with van der Waals surface area (Å²) in [6.45, 7) is 4.66. The maximum absolute atomic E-state index is 13.9. The fraction of sp³-hybridized carbons (Fsp3) is 0.432. The fourth-order valence-electron chi connectivity index (χ4n) is 8.86. The number of hydrogen-bond acceptors (Lipinski definition) is 14. The van der Waals surface area contributed by atoms with Crippen LogP contribution in [0.3, 0.4) is 0 Å². The Morgan fingerprint density at radius 2 is 1.94 bits per heavy atom. The van der Waals surface area contributed by atoms with Gasteiger partial charge in [0, 0.05) is 53.2 Å². The molecule has 1 aromatic heterocycles. The lowest BCUT2D eigenvalue weighted by Gasteiger charge is -2.61. The molecule has 0 aliphatic carbocycles. The Balaban J connectivity index is 1.36. The van der Waals surface area contributed by atoms with Gasteiger partial charge in [0.1, 0.15) is 29.6 Å². The molecule has 0 spiro atoms. The van der Waals surface area contributed by atoms with Crippen molar-refractivity contribution in [3.63, 3.8) is 0 Å². The molecule has 16 heteroatoms. The Hall–Kier alpha value is -4.75. The van der Waals surface area contributed by atoms with Crippen molar-refractivity contribution in [3.8, 4) is 34.8 Å². The van der Waals surface area contributed by atoms with E-state index < -0.39 is 53.3 Å². The van der Waals surface area contributed by atoms with Gasteiger partial charge in [0.05, 0.1) is 36.1 Å². The number of thioether (sulfide) groups is 1. The number of aromatic hydroxyl groups is 1. The number of phenols is 1. The number of esters is 2. The molecule has 6 aliphatic heterocycles. The minimum absolute atomic E-state index is 0.0124. The third-order valence-corrected chi connectivity index (χ3v) is 12.7. The van der Waals surface area contributed by atoms with Crippen LogP contribution in [-0.4, -0.2) is 95.2 Å². The lowest BCUT2D eigenvalue weighted by atomic mass is 9.71. The Kier molecular flexibility index (Phi) is 8.84. The fourth-order valence-corrected chi connectivity index (χ4v) is 10.6. The quantitative estimate of drug-likeness (QED) is 0.221. The number of nitrogens with one attached hydrogen (secondary N) is 1. The second-order valence-corrected chi connectivity index (χ2v) is 15.3. The number of ether oxygens (including phenoxy) is 5. The van der Waals surface area contributed by atoms with E-state index in [1.165, 1.54) is 38.1 Å². The van der Waals surface area contributed by atoms with Crippen LogP contribution >= 0.6 is 23.4 Å². The van der Waals surface area contributed by atoms with Gasteiger partial charge in [0.15, 0.2) is 23.0 Å². The molecule has 7 atom stereocenters. The molecule has 276 valence electrons. The summed E-state index contributed by atoms with van der Waals surface area (Å²) < 4.78 is 29.9. The molecule has 1 amide bonds. The number of benzene rings is 2. The van der Waals surface area contributed by atoms with Gasteiger partial charge in [-0.3, -0.25) is 19.4 Å². The van der Waals surface area contributed by atoms with Crippen LogP contribution in [0.4, 0.5) is 0 Å². The molecule has 7 heterocycles. The highest BCUT2D eigenvalue weighted by atomic mass is 35.5. The predicted octanol–water partition coefficient (Wildman–Crippen LogP) is 4.08. The van der Waals surface area contributed by atoms with Crippen molar-refractivity contribution in [2.45, 2.75) is 68.7 Å². The van der Waals surface area contributed by atoms with Crippen LogP contribution in [0.2, 0.25) is 5.15 Å². The van der Waals surface area contributed by atoms with E-state index in [1.54, 1.807) is 13.0 Å². The normalized spacial score (nSPS) is 27.0. The van der Waals surface area contributed by atoms with Crippen LogP contribution in [0.15, 0.2) is 24.4 Å². The van der Waals surface area contributed by atoms with Crippen LogP contribution in [0.1, 0.15) is 68.0 Å². The largest absolute Gasteiger partial charge is 0.504 e. The molecule has 2 fully saturated rings. The monoisotopic (exact) mass is 761 g/mol. The van der Waals surface area contributed by atoms with E-state index >= 15 is 0 Å². The van der Waals surface area contributed by atoms with Crippen molar-refractivity contribution in [2.24, 2.45) is 0 Å². The SMILES string of the molecule is COc1c(C)cc2c(c1O)[C@H]1[C@@H]3[C@@H]4SC[C@H](NC(=O)c5cccnc5Cl)C(=O)OC[C@@H](c5c6c(c(C)c(OC(C)=O)c54)OCO6)N3[C@@H](C#N)[C@@H](C2)N1C. The van der Waals surface area contributed by atoms with Gasteiger partial charge in [-0.2, -0.15) is 5.26 Å². The maximum Gasteiger partial charge on any atom is 0.329 e. The maximum atomic E-state index is 13.9. The summed E-state index contributed by atoms with van der Waals surface area (Å²) in [5.41, 5.74) is 4.21. The van der Waals surface area contributed by atoms with Crippen molar-refractivity contribution in [3.05, 3.63) is 68.5 Å². The highest BCUT2D eigenvalue weighted by Gasteiger charge is 2.60. The molecule has 2 N–H and O–H groups in total. The van der Waals surface area contributed by atoms with E-state index in [2.05, 4.69) is 26.2 Å². The third-order valence-electron chi connectivity index (χ3n) is 11.0. The number of aryl methyl sites for hydroxylation is 1. The number of nitrogens with zero attached hydrogens (tertiary/aromatic N) is 4. The van der Waals surface area contributed by atoms with Gasteiger partial charge in [-0.25, -0.2) is 9.78 Å². The van der Waals surface area contributed by atoms with Gasteiger partial charge in [0.25, 0.3) is 5.91 Å². The van der Waals surface area contributed by atoms with Gasteiger partial charge in [0.2, 0.25) is 6.79 Å². The second kappa shape index (κ2) is 13.3.